The van der Waals surface area contributed by atoms with Gasteiger partial charge in [-0.25, -0.2) is 9.97 Å². The topological polar surface area (TPSA) is 35.6 Å². The molecule has 4 heteroatoms. The molecule has 52 heavy (non-hydrogen) atoms. The van der Waals surface area contributed by atoms with Gasteiger partial charge in [0.15, 0.2) is 5.82 Å². The lowest BCUT2D eigenvalue weighted by molar-refractivity contribution is 1.16. The van der Waals surface area contributed by atoms with Gasteiger partial charge in [0.1, 0.15) is 0 Å². The Hall–Kier alpha value is -7.04. The molecule has 7 aromatic carbocycles. The fourth-order valence-corrected chi connectivity index (χ4v) is 7.76. The highest BCUT2D eigenvalue weighted by atomic mass is 15.0. The maximum Gasteiger partial charge on any atom is 0.160 e. The zero-order valence-corrected chi connectivity index (χ0v) is 28.3. The fraction of sp³-hybridized carbons (Fsp3) is 0. The molecule has 0 bridgehead atoms. The molecule has 0 amide bonds. The van der Waals surface area contributed by atoms with E-state index in [9.17, 15) is 0 Å². The molecule has 0 aliphatic heterocycles. The molecule has 3 heterocycles. The van der Waals surface area contributed by atoms with Gasteiger partial charge in [-0.3, -0.25) is 0 Å². The summed E-state index contributed by atoms with van der Waals surface area (Å²) in [4.78, 5) is 10.4. The third-order valence-electron chi connectivity index (χ3n) is 10.1. The molecule has 244 valence electrons. The zero-order chi connectivity index (χ0) is 34.6. The average molecular weight is 665 g/mol. The van der Waals surface area contributed by atoms with E-state index in [0.29, 0.717) is 5.82 Å². The van der Waals surface area contributed by atoms with Crippen LogP contribution in [0.25, 0.3) is 95.0 Å². The van der Waals surface area contributed by atoms with Crippen LogP contribution in [0.15, 0.2) is 183 Å². The lowest BCUT2D eigenvalue weighted by Gasteiger charge is -2.13. The first-order valence-electron chi connectivity index (χ1n) is 17.5. The predicted molar refractivity (Wildman–Crippen MR) is 217 cm³/mol. The van der Waals surface area contributed by atoms with Crippen LogP contribution in [0.2, 0.25) is 0 Å². The molecule has 0 fully saturated rings. The Morgan fingerprint density at radius 1 is 0.404 bits per heavy atom. The number of hydrogen-bond acceptors (Lipinski definition) is 2. The van der Waals surface area contributed by atoms with Gasteiger partial charge >= 0.3 is 0 Å². The van der Waals surface area contributed by atoms with Crippen LogP contribution >= 0.6 is 0 Å². The third-order valence-corrected chi connectivity index (χ3v) is 10.1. The summed E-state index contributed by atoms with van der Waals surface area (Å²) in [5.41, 5.74) is 12.7. The monoisotopic (exact) mass is 664 g/mol. The molecule has 3 aromatic heterocycles. The summed E-state index contributed by atoms with van der Waals surface area (Å²) in [6.07, 6.45) is 1.94. The number of hydrogen-bond donors (Lipinski definition) is 0. The van der Waals surface area contributed by atoms with Crippen molar-refractivity contribution in [2.45, 2.75) is 0 Å². The van der Waals surface area contributed by atoms with Crippen molar-refractivity contribution in [1.82, 2.24) is 19.1 Å². The van der Waals surface area contributed by atoms with E-state index in [1.165, 1.54) is 32.6 Å². The van der Waals surface area contributed by atoms with Crippen molar-refractivity contribution < 1.29 is 0 Å². The summed E-state index contributed by atoms with van der Waals surface area (Å²) in [6, 6.07) is 62.0. The summed E-state index contributed by atoms with van der Waals surface area (Å²) in [7, 11) is 0. The highest BCUT2D eigenvalue weighted by Gasteiger charge is 2.17. The number of para-hydroxylation sites is 3. The second kappa shape index (κ2) is 12.1. The maximum absolute atomic E-state index is 5.19. The quantitative estimate of drug-likeness (QED) is 0.177. The number of nitrogens with zero attached hydrogens (tertiary/aromatic N) is 4. The van der Waals surface area contributed by atoms with Gasteiger partial charge < -0.3 is 9.13 Å². The van der Waals surface area contributed by atoms with Crippen LogP contribution in [-0.4, -0.2) is 19.1 Å². The summed E-state index contributed by atoms with van der Waals surface area (Å²) < 4.78 is 4.69. The van der Waals surface area contributed by atoms with Crippen LogP contribution in [0.5, 0.6) is 0 Å². The van der Waals surface area contributed by atoms with Crippen molar-refractivity contribution in [2.24, 2.45) is 0 Å². The number of rotatable bonds is 6. The van der Waals surface area contributed by atoms with E-state index >= 15 is 0 Å². The molecular weight excluding hydrogens is 633 g/mol. The van der Waals surface area contributed by atoms with Gasteiger partial charge in [-0.2, -0.15) is 0 Å². The Kier molecular flexibility index (Phi) is 6.93. The van der Waals surface area contributed by atoms with Gasteiger partial charge in [-0.1, -0.05) is 134 Å². The minimum absolute atomic E-state index is 0.688. The first-order chi connectivity index (χ1) is 25.7. The second-order valence-corrected chi connectivity index (χ2v) is 13.1. The van der Waals surface area contributed by atoms with Crippen molar-refractivity contribution in [3.05, 3.63) is 188 Å². The van der Waals surface area contributed by atoms with E-state index in [1.807, 2.05) is 24.3 Å². The van der Waals surface area contributed by atoms with Crippen LogP contribution < -0.4 is 0 Å². The highest BCUT2D eigenvalue weighted by molar-refractivity contribution is 6.13. The van der Waals surface area contributed by atoms with E-state index in [2.05, 4.69) is 173 Å². The molecule has 10 aromatic rings. The van der Waals surface area contributed by atoms with Crippen LogP contribution in [0.3, 0.4) is 0 Å². The summed E-state index contributed by atoms with van der Waals surface area (Å²) in [5, 5.41) is 4.89. The molecule has 0 saturated carbocycles. The molecule has 0 aliphatic carbocycles. The molecule has 10 rings (SSSR count). The van der Waals surface area contributed by atoms with E-state index in [0.717, 1.165) is 56.0 Å². The molecule has 0 radical (unpaired) electrons. The van der Waals surface area contributed by atoms with Gasteiger partial charge in [0.2, 0.25) is 0 Å². The minimum Gasteiger partial charge on any atom is -0.309 e. The Labute approximate surface area is 301 Å². The Morgan fingerprint density at radius 3 is 1.46 bits per heavy atom. The average Bonchev–Trinajstić information content (AvgIpc) is 3.74. The fourth-order valence-electron chi connectivity index (χ4n) is 7.76. The van der Waals surface area contributed by atoms with Gasteiger partial charge in [0.05, 0.1) is 33.5 Å². The molecule has 4 nitrogen and oxygen atoms in total. The molecule has 0 N–H and O–H groups in total. The predicted octanol–water partition coefficient (Wildman–Crippen LogP) is 12.3. The molecule has 0 spiro atoms. The lowest BCUT2D eigenvalue weighted by atomic mass is 10.0. The SMILES string of the molecule is C=Cc1cccc2c1c1ccccc1n2-c1cccc(-c2cc(-c3cccc(-n4c5ccccc5c5ccccc54)c3)nc(-c3ccccc3)n2)c1. The van der Waals surface area contributed by atoms with E-state index < -0.39 is 0 Å². The van der Waals surface area contributed by atoms with E-state index in [1.54, 1.807) is 0 Å². The Balaban J connectivity index is 1.16. The largest absolute Gasteiger partial charge is 0.309 e. The summed E-state index contributed by atoms with van der Waals surface area (Å²) in [6.45, 7) is 4.11. The van der Waals surface area contributed by atoms with Crippen molar-refractivity contribution in [1.29, 1.82) is 0 Å². The molecule has 0 atom stereocenters. The smallest absolute Gasteiger partial charge is 0.160 e. The second-order valence-electron chi connectivity index (χ2n) is 13.1. The Bertz CT molecular complexity index is 2930. The highest BCUT2D eigenvalue weighted by Crippen LogP contribution is 2.37. The maximum atomic E-state index is 5.19. The standard InChI is InChI=1S/C48H32N4/c1-2-32-17-14-28-46-47(32)40-24-8-11-27-45(40)52(46)37-21-13-19-35(30-37)42-31-41(49-48(50-42)33-15-4-3-5-16-33)34-18-12-20-36(29-34)51-43-25-9-6-22-38(43)39-23-7-10-26-44(39)51/h2-31H,1H2. The van der Waals surface area contributed by atoms with Crippen molar-refractivity contribution in [2.75, 3.05) is 0 Å². The van der Waals surface area contributed by atoms with Crippen LogP contribution in [0.1, 0.15) is 5.56 Å². The first-order valence-corrected chi connectivity index (χ1v) is 17.5. The Morgan fingerprint density at radius 2 is 0.865 bits per heavy atom. The van der Waals surface area contributed by atoms with Crippen LogP contribution in [-0.2, 0) is 0 Å². The van der Waals surface area contributed by atoms with Crippen LogP contribution in [0, 0.1) is 0 Å². The van der Waals surface area contributed by atoms with Gasteiger partial charge in [-0.05, 0) is 60.2 Å². The number of aromatic nitrogens is 4. The molecular formula is C48H32N4. The zero-order valence-electron chi connectivity index (χ0n) is 28.3. The lowest BCUT2D eigenvalue weighted by Crippen LogP contribution is -1.99. The van der Waals surface area contributed by atoms with Gasteiger partial charge in [0.25, 0.3) is 0 Å². The third kappa shape index (κ3) is 4.77. The van der Waals surface area contributed by atoms with Gasteiger partial charge in [0, 0.05) is 49.6 Å². The van der Waals surface area contributed by atoms with E-state index in [4.69, 9.17) is 9.97 Å². The van der Waals surface area contributed by atoms with Crippen LogP contribution in [0.4, 0.5) is 0 Å². The number of benzene rings is 7. The van der Waals surface area contributed by atoms with E-state index in [-0.39, 0.29) is 0 Å². The molecule has 0 saturated heterocycles. The van der Waals surface area contributed by atoms with Gasteiger partial charge in [-0.15, -0.1) is 0 Å². The summed E-state index contributed by atoms with van der Waals surface area (Å²) in [5.74, 6) is 0.688. The van der Waals surface area contributed by atoms with Crippen molar-refractivity contribution >= 4 is 49.7 Å². The summed E-state index contributed by atoms with van der Waals surface area (Å²) >= 11 is 0. The molecule has 0 unspecified atom stereocenters. The molecule has 0 aliphatic rings. The van der Waals surface area contributed by atoms with Crippen molar-refractivity contribution in [3.8, 4) is 45.3 Å². The first kappa shape index (κ1) is 29.8. The normalized spacial score (nSPS) is 11.5. The number of fused-ring (bicyclic) bond motifs is 6. The minimum atomic E-state index is 0.688. The van der Waals surface area contributed by atoms with Crippen molar-refractivity contribution in [3.63, 3.8) is 0 Å².